The number of aromatic nitrogens is 2. The zero-order valence-corrected chi connectivity index (χ0v) is 15.4. The minimum Gasteiger partial charge on any atom is -0.460 e. The second-order valence-electron chi connectivity index (χ2n) is 6.76. The summed E-state index contributed by atoms with van der Waals surface area (Å²) >= 11 is 0. The number of furan rings is 1. The van der Waals surface area contributed by atoms with Gasteiger partial charge in [-0.3, -0.25) is 9.78 Å². The number of nitrogens with one attached hydrogen (secondary N) is 1. The highest BCUT2D eigenvalue weighted by Crippen LogP contribution is 2.25. The molecular formula is C22H21N3O2. The van der Waals surface area contributed by atoms with Crippen molar-refractivity contribution in [1.29, 1.82) is 0 Å². The molecule has 0 bridgehead atoms. The summed E-state index contributed by atoms with van der Waals surface area (Å²) in [5.74, 6) is 0.705. The van der Waals surface area contributed by atoms with Crippen LogP contribution in [0.3, 0.4) is 0 Å². The van der Waals surface area contributed by atoms with Crippen molar-refractivity contribution < 1.29 is 9.21 Å². The molecular weight excluding hydrogens is 338 g/mol. The SMILES string of the molecule is Cc1cccc(Cn2c(C(=O)NCc3cccnc3)cc3oc(C)cc32)c1. The van der Waals surface area contributed by atoms with Crippen LogP contribution in [0.15, 0.2) is 65.3 Å². The van der Waals surface area contributed by atoms with Crippen LogP contribution < -0.4 is 5.32 Å². The van der Waals surface area contributed by atoms with E-state index < -0.39 is 0 Å². The van der Waals surface area contributed by atoms with Crippen LogP contribution in [0.4, 0.5) is 0 Å². The smallest absolute Gasteiger partial charge is 0.268 e. The van der Waals surface area contributed by atoms with Gasteiger partial charge in [-0.05, 0) is 31.0 Å². The van der Waals surface area contributed by atoms with Gasteiger partial charge >= 0.3 is 0 Å². The summed E-state index contributed by atoms with van der Waals surface area (Å²) in [5.41, 5.74) is 5.55. The molecule has 136 valence electrons. The van der Waals surface area contributed by atoms with Gasteiger partial charge in [-0.15, -0.1) is 0 Å². The van der Waals surface area contributed by atoms with Gasteiger partial charge in [-0.25, -0.2) is 0 Å². The molecule has 4 aromatic rings. The lowest BCUT2D eigenvalue weighted by atomic mass is 10.1. The molecule has 0 radical (unpaired) electrons. The lowest BCUT2D eigenvalue weighted by Gasteiger charge is -2.11. The first kappa shape index (κ1) is 17.1. The predicted octanol–water partition coefficient (Wildman–Crippen LogP) is 4.22. The van der Waals surface area contributed by atoms with E-state index in [4.69, 9.17) is 4.42 Å². The van der Waals surface area contributed by atoms with Crippen LogP contribution in [0.2, 0.25) is 0 Å². The van der Waals surface area contributed by atoms with Gasteiger partial charge in [0.25, 0.3) is 5.91 Å². The Hall–Kier alpha value is -3.34. The highest BCUT2D eigenvalue weighted by molar-refractivity contribution is 5.97. The van der Waals surface area contributed by atoms with E-state index in [1.807, 2.05) is 41.8 Å². The number of hydrogen-bond donors (Lipinski definition) is 1. The number of rotatable bonds is 5. The quantitative estimate of drug-likeness (QED) is 0.580. The molecule has 3 aromatic heterocycles. The fourth-order valence-electron chi connectivity index (χ4n) is 3.29. The Kier molecular flexibility index (Phi) is 4.50. The van der Waals surface area contributed by atoms with E-state index in [1.54, 1.807) is 12.4 Å². The third-order valence-electron chi connectivity index (χ3n) is 4.54. The first-order valence-electron chi connectivity index (χ1n) is 8.92. The zero-order valence-electron chi connectivity index (χ0n) is 15.4. The van der Waals surface area contributed by atoms with Gasteiger partial charge in [0.2, 0.25) is 0 Å². The van der Waals surface area contributed by atoms with Crippen molar-refractivity contribution in [2.45, 2.75) is 26.9 Å². The number of carbonyl (C=O) groups is 1. The van der Waals surface area contributed by atoms with E-state index in [0.29, 0.717) is 18.8 Å². The highest BCUT2D eigenvalue weighted by Gasteiger charge is 2.18. The molecule has 0 saturated carbocycles. The van der Waals surface area contributed by atoms with Crippen molar-refractivity contribution >= 4 is 17.0 Å². The summed E-state index contributed by atoms with van der Waals surface area (Å²) in [7, 11) is 0. The van der Waals surface area contributed by atoms with E-state index in [-0.39, 0.29) is 5.91 Å². The summed E-state index contributed by atoms with van der Waals surface area (Å²) in [5, 5.41) is 2.98. The summed E-state index contributed by atoms with van der Waals surface area (Å²) in [6.07, 6.45) is 3.47. The van der Waals surface area contributed by atoms with Crippen LogP contribution >= 0.6 is 0 Å². The number of fused-ring (bicyclic) bond motifs is 1. The van der Waals surface area contributed by atoms with Gasteiger partial charge in [0.1, 0.15) is 11.5 Å². The average Bonchev–Trinajstić information content (AvgIpc) is 3.18. The lowest BCUT2D eigenvalue weighted by molar-refractivity contribution is 0.0942. The van der Waals surface area contributed by atoms with E-state index in [1.165, 1.54) is 5.56 Å². The molecule has 1 N–H and O–H groups in total. The Bertz CT molecular complexity index is 1090. The summed E-state index contributed by atoms with van der Waals surface area (Å²) in [6, 6.07) is 15.9. The molecule has 0 aliphatic heterocycles. The Morgan fingerprint density at radius 3 is 2.74 bits per heavy atom. The second-order valence-corrected chi connectivity index (χ2v) is 6.76. The van der Waals surface area contributed by atoms with E-state index in [9.17, 15) is 4.79 Å². The zero-order chi connectivity index (χ0) is 18.8. The maximum absolute atomic E-state index is 12.9. The largest absolute Gasteiger partial charge is 0.460 e. The summed E-state index contributed by atoms with van der Waals surface area (Å²) < 4.78 is 7.77. The number of amides is 1. The predicted molar refractivity (Wildman–Crippen MR) is 105 cm³/mol. The minimum atomic E-state index is -0.129. The molecule has 5 nitrogen and oxygen atoms in total. The molecule has 0 unspecified atom stereocenters. The first-order valence-corrected chi connectivity index (χ1v) is 8.92. The van der Waals surface area contributed by atoms with Gasteiger partial charge in [-0.1, -0.05) is 35.9 Å². The Labute approximate surface area is 157 Å². The van der Waals surface area contributed by atoms with Gasteiger partial charge < -0.3 is 14.3 Å². The van der Waals surface area contributed by atoms with Crippen molar-refractivity contribution in [3.05, 3.63) is 89.1 Å². The van der Waals surface area contributed by atoms with Gasteiger partial charge in [0.05, 0.1) is 5.52 Å². The van der Waals surface area contributed by atoms with E-state index >= 15 is 0 Å². The normalized spacial score (nSPS) is 11.0. The fourth-order valence-corrected chi connectivity index (χ4v) is 3.29. The van der Waals surface area contributed by atoms with Gasteiger partial charge in [0.15, 0.2) is 5.58 Å². The number of aryl methyl sites for hydroxylation is 2. The molecule has 3 heterocycles. The van der Waals surface area contributed by atoms with Crippen molar-refractivity contribution in [3.63, 3.8) is 0 Å². The number of nitrogens with zero attached hydrogens (tertiary/aromatic N) is 2. The molecule has 27 heavy (non-hydrogen) atoms. The van der Waals surface area contributed by atoms with Crippen LogP contribution in [0.25, 0.3) is 11.1 Å². The molecule has 5 heteroatoms. The molecule has 0 aliphatic rings. The maximum Gasteiger partial charge on any atom is 0.268 e. The average molecular weight is 359 g/mol. The molecule has 1 amide bonds. The van der Waals surface area contributed by atoms with Crippen LogP contribution in [0, 0.1) is 13.8 Å². The fraction of sp³-hybridized carbons (Fsp3) is 0.182. The first-order chi connectivity index (χ1) is 13.1. The van der Waals surface area contributed by atoms with Crippen LogP contribution in [-0.4, -0.2) is 15.5 Å². The molecule has 0 saturated heterocycles. The summed E-state index contributed by atoms with van der Waals surface area (Å²) in [4.78, 5) is 16.9. The third-order valence-corrected chi connectivity index (χ3v) is 4.54. The van der Waals surface area contributed by atoms with Crippen LogP contribution in [-0.2, 0) is 13.1 Å². The number of carbonyl (C=O) groups excluding carboxylic acids is 1. The molecule has 1 aromatic carbocycles. The molecule has 0 fully saturated rings. The molecule has 4 rings (SSSR count). The van der Waals surface area contributed by atoms with Crippen molar-refractivity contribution in [3.8, 4) is 0 Å². The molecule has 0 spiro atoms. The lowest BCUT2D eigenvalue weighted by Crippen LogP contribution is -2.25. The maximum atomic E-state index is 12.9. The third kappa shape index (κ3) is 3.62. The molecule has 0 atom stereocenters. The van der Waals surface area contributed by atoms with Crippen LogP contribution in [0.5, 0.6) is 0 Å². The van der Waals surface area contributed by atoms with Crippen molar-refractivity contribution in [2.75, 3.05) is 0 Å². The van der Waals surface area contributed by atoms with Gasteiger partial charge in [-0.2, -0.15) is 0 Å². The minimum absolute atomic E-state index is 0.129. The van der Waals surface area contributed by atoms with Crippen molar-refractivity contribution in [2.24, 2.45) is 0 Å². The van der Waals surface area contributed by atoms with Crippen molar-refractivity contribution in [1.82, 2.24) is 14.9 Å². The van der Waals surface area contributed by atoms with E-state index in [0.717, 1.165) is 28.0 Å². The van der Waals surface area contributed by atoms with E-state index in [2.05, 4.69) is 35.4 Å². The summed E-state index contributed by atoms with van der Waals surface area (Å²) in [6.45, 7) is 5.03. The Balaban J connectivity index is 1.65. The standard InChI is InChI=1S/C22H21N3O2/c1-15-5-3-6-17(9-15)14-25-19-10-16(2)27-21(19)11-20(25)22(26)24-13-18-7-4-8-23-12-18/h3-12H,13-14H2,1-2H3,(H,24,26). The number of hydrogen-bond acceptors (Lipinski definition) is 3. The topological polar surface area (TPSA) is 60.1 Å². The monoisotopic (exact) mass is 359 g/mol. The Morgan fingerprint density at radius 2 is 1.96 bits per heavy atom. The highest BCUT2D eigenvalue weighted by atomic mass is 16.3. The van der Waals surface area contributed by atoms with Gasteiger partial charge in [0, 0.05) is 37.6 Å². The molecule has 0 aliphatic carbocycles. The van der Waals surface area contributed by atoms with Crippen LogP contribution in [0.1, 0.15) is 32.9 Å². The number of pyridine rings is 1. The Morgan fingerprint density at radius 1 is 1.11 bits per heavy atom. The number of benzene rings is 1. The second kappa shape index (κ2) is 7.11.